The molecule has 1 aliphatic heterocycles. The molecule has 16 heavy (non-hydrogen) atoms. The van der Waals surface area contributed by atoms with Crippen molar-refractivity contribution in [3.63, 3.8) is 0 Å². The van der Waals surface area contributed by atoms with E-state index in [2.05, 4.69) is 5.32 Å². The van der Waals surface area contributed by atoms with Crippen molar-refractivity contribution in [2.24, 2.45) is 0 Å². The number of rotatable bonds is 4. The Hall–Kier alpha value is -1.42. The fourth-order valence-electron chi connectivity index (χ4n) is 1.43. The van der Waals surface area contributed by atoms with Crippen LogP contribution in [0.2, 0.25) is 0 Å². The van der Waals surface area contributed by atoms with Gasteiger partial charge in [0.15, 0.2) is 11.5 Å². The first-order chi connectivity index (χ1) is 7.79. The third-order valence-corrected chi connectivity index (χ3v) is 2.46. The highest BCUT2D eigenvalue weighted by Crippen LogP contribution is 2.34. The highest BCUT2D eigenvalue weighted by molar-refractivity contribution is 6.18. The average Bonchev–Trinajstić information content (AvgIpc) is 2.73. The smallest absolute Gasteiger partial charge is 0.231 e. The van der Waals surface area contributed by atoms with Crippen LogP contribution in [0.4, 0.5) is 5.69 Å². The third-order valence-electron chi connectivity index (χ3n) is 2.19. The van der Waals surface area contributed by atoms with Gasteiger partial charge in [-0.1, -0.05) is 0 Å². The highest BCUT2D eigenvalue weighted by atomic mass is 35.5. The molecule has 0 bridgehead atoms. The number of fused-ring (bicyclic) bond motifs is 1. The quantitative estimate of drug-likeness (QED) is 0.824. The molecule has 0 saturated carbocycles. The van der Waals surface area contributed by atoms with Gasteiger partial charge in [-0.15, -0.1) is 11.6 Å². The summed E-state index contributed by atoms with van der Waals surface area (Å²) in [6.45, 7) is 0.235. The van der Waals surface area contributed by atoms with Gasteiger partial charge in [0.05, 0.1) is 0 Å². The molecule has 2 rings (SSSR count). The van der Waals surface area contributed by atoms with Crippen LogP contribution in [-0.2, 0) is 4.79 Å². The topological polar surface area (TPSA) is 47.6 Å². The van der Waals surface area contributed by atoms with Gasteiger partial charge in [0.1, 0.15) is 0 Å². The van der Waals surface area contributed by atoms with Gasteiger partial charge in [-0.05, 0) is 18.6 Å². The van der Waals surface area contributed by atoms with Gasteiger partial charge in [-0.25, -0.2) is 0 Å². The lowest BCUT2D eigenvalue weighted by Gasteiger charge is -2.05. The van der Waals surface area contributed by atoms with Gasteiger partial charge in [0.2, 0.25) is 12.7 Å². The summed E-state index contributed by atoms with van der Waals surface area (Å²) in [5.41, 5.74) is 0.712. The minimum atomic E-state index is -0.0421. The molecule has 0 aromatic heterocycles. The van der Waals surface area contributed by atoms with E-state index in [1.54, 1.807) is 18.2 Å². The number of amides is 1. The van der Waals surface area contributed by atoms with Crippen molar-refractivity contribution in [2.75, 3.05) is 18.0 Å². The second-order valence-electron chi connectivity index (χ2n) is 3.41. The van der Waals surface area contributed by atoms with E-state index in [4.69, 9.17) is 21.1 Å². The lowest BCUT2D eigenvalue weighted by molar-refractivity contribution is -0.116. The summed E-state index contributed by atoms with van der Waals surface area (Å²) in [7, 11) is 0. The van der Waals surface area contributed by atoms with Crippen LogP contribution in [0.1, 0.15) is 12.8 Å². The van der Waals surface area contributed by atoms with E-state index in [1.165, 1.54) is 0 Å². The molecule has 1 aliphatic rings. The van der Waals surface area contributed by atoms with Crippen LogP contribution < -0.4 is 14.8 Å². The SMILES string of the molecule is O=C(CCCCl)Nc1ccc2c(c1)OCO2. The highest BCUT2D eigenvalue weighted by Gasteiger charge is 2.13. The number of nitrogens with one attached hydrogen (secondary N) is 1. The zero-order valence-corrected chi connectivity index (χ0v) is 9.42. The van der Waals surface area contributed by atoms with Crippen molar-refractivity contribution in [1.82, 2.24) is 0 Å². The molecule has 1 N–H and O–H groups in total. The minimum Gasteiger partial charge on any atom is -0.454 e. The first-order valence-corrected chi connectivity index (χ1v) is 5.58. The number of carbonyl (C=O) groups excluding carboxylic acids is 1. The molecule has 0 atom stereocenters. The number of halogens is 1. The molecule has 4 nitrogen and oxygen atoms in total. The van der Waals surface area contributed by atoms with Crippen molar-refractivity contribution >= 4 is 23.2 Å². The monoisotopic (exact) mass is 241 g/mol. The fourth-order valence-corrected chi connectivity index (χ4v) is 1.56. The van der Waals surface area contributed by atoms with Crippen molar-refractivity contribution in [3.05, 3.63) is 18.2 Å². The Morgan fingerprint density at radius 1 is 1.38 bits per heavy atom. The van der Waals surface area contributed by atoms with E-state index < -0.39 is 0 Å². The number of hydrogen-bond donors (Lipinski definition) is 1. The summed E-state index contributed by atoms with van der Waals surface area (Å²) in [6, 6.07) is 5.31. The summed E-state index contributed by atoms with van der Waals surface area (Å²) in [5.74, 6) is 1.82. The van der Waals surface area contributed by atoms with Crippen LogP contribution in [-0.4, -0.2) is 18.6 Å². The second kappa shape index (κ2) is 5.07. The van der Waals surface area contributed by atoms with Gasteiger partial charge < -0.3 is 14.8 Å². The van der Waals surface area contributed by atoms with Crippen molar-refractivity contribution < 1.29 is 14.3 Å². The lowest BCUT2D eigenvalue weighted by atomic mass is 10.2. The van der Waals surface area contributed by atoms with E-state index in [-0.39, 0.29) is 12.7 Å². The molecule has 86 valence electrons. The molecular formula is C11H12ClNO3. The van der Waals surface area contributed by atoms with Crippen molar-refractivity contribution in [2.45, 2.75) is 12.8 Å². The van der Waals surface area contributed by atoms with Gasteiger partial charge in [-0.2, -0.15) is 0 Å². The molecule has 1 heterocycles. The Bertz CT molecular complexity index is 395. The van der Waals surface area contributed by atoms with Crippen LogP contribution >= 0.6 is 11.6 Å². The van der Waals surface area contributed by atoms with Gasteiger partial charge in [0, 0.05) is 24.1 Å². The Morgan fingerprint density at radius 3 is 3.00 bits per heavy atom. The fraction of sp³-hybridized carbons (Fsp3) is 0.364. The van der Waals surface area contributed by atoms with Crippen LogP contribution in [0, 0.1) is 0 Å². The molecule has 0 spiro atoms. The standard InChI is InChI=1S/C11H12ClNO3/c12-5-1-2-11(14)13-8-3-4-9-10(6-8)16-7-15-9/h3-4,6H,1-2,5,7H2,(H,13,14). The number of anilines is 1. The molecule has 0 unspecified atom stereocenters. The number of alkyl halides is 1. The van der Waals surface area contributed by atoms with E-state index in [1.807, 2.05) is 0 Å². The predicted molar refractivity (Wildman–Crippen MR) is 61.1 cm³/mol. The van der Waals surface area contributed by atoms with E-state index in [0.29, 0.717) is 35.9 Å². The van der Waals surface area contributed by atoms with Crippen LogP contribution in [0.3, 0.4) is 0 Å². The van der Waals surface area contributed by atoms with Gasteiger partial charge >= 0.3 is 0 Å². The Labute approximate surface area is 98.5 Å². The molecule has 1 aromatic rings. The normalized spacial score (nSPS) is 12.6. The zero-order chi connectivity index (χ0) is 11.4. The lowest BCUT2D eigenvalue weighted by Crippen LogP contribution is -2.11. The maximum absolute atomic E-state index is 11.4. The number of hydrogen-bond acceptors (Lipinski definition) is 3. The Kier molecular flexibility index (Phi) is 3.51. The number of ether oxygens (including phenoxy) is 2. The molecule has 1 aromatic carbocycles. The molecular weight excluding hydrogens is 230 g/mol. The van der Waals surface area contributed by atoms with Crippen molar-refractivity contribution in [3.8, 4) is 11.5 Å². The van der Waals surface area contributed by atoms with E-state index in [9.17, 15) is 4.79 Å². The summed E-state index contributed by atoms with van der Waals surface area (Å²) in [6.07, 6.45) is 1.11. The summed E-state index contributed by atoms with van der Waals surface area (Å²) >= 11 is 5.51. The summed E-state index contributed by atoms with van der Waals surface area (Å²) < 4.78 is 10.4. The van der Waals surface area contributed by atoms with Crippen LogP contribution in [0.25, 0.3) is 0 Å². The van der Waals surface area contributed by atoms with E-state index >= 15 is 0 Å². The van der Waals surface area contributed by atoms with E-state index in [0.717, 1.165) is 0 Å². The second-order valence-corrected chi connectivity index (χ2v) is 3.79. The molecule has 1 amide bonds. The predicted octanol–water partition coefficient (Wildman–Crippen LogP) is 2.37. The van der Waals surface area contributed by atoms with Crippen molar-refractivity contribution in [1.29, 1.82) is 0 Å². The summed E-state index contributed by atoms with van der Waals surface area (Å²) in [5, 5.41) is 2.77. The van der Waals surface area contributed by atoms with Gasteiger partial charge in [-0.3, -0.25) is 4.79 Å². The van der Waals surface area contributed by atoms with Crippen LogP contribution in [0.5, 0.6) is 11.5 Å². The molecule has 0 radical (unpaired) electrons. The Balaban J connectivity index is 1.97. The molecule has 0 saturated heterocycles. The minimum absolute atomic E-state index is 0.0421. The zero-order valence-electron chi connectivity index (χ0n) is 8.66. The molecule has 0 aliphatic carbocycles. The number of benzene rings is 1. The molecule has 5 heteroatoms. The first kappa shape index (κ1) is 11.1. The number of carbonyl (C=O) groups is 1. The third kappa shape index (κ3) is 2.58. The van der Waals surface area contributed by atoms with Gasteiger partial charge in [0.25, 0.3) is 0 Å². The summed E-state index contributed by atoms with van der Waals surface area (Å²) in [4.78, 5) is 11.4. The maximum Gasteiger partial charge on any atom is 0.231 e. The molecule has 0 fully saturated rings. The first-order valence-electron chi connectivity index (χ1n) is 5.05. The van der Waals surface area contributed by atoms with Crippen LogP contribution in [0.15, 0.2) is 18.2 Å². The largest absolute Gasteiger partial charge is 0.454 e. The average molecular weight is 242 g/mol. The Morgan fingerprint density at radius 2 is 2.19 bits per heavy atom. The maximum atomic E-state index is 11.4.